The largest absolute Gasteiger partial charge is 0.397 e. The van der Waals surface area contributed by atoms with Gasteiger partial charge in [-0.2, -0.15) is 0 Å². The molecule has 0 unspecified atom stereocenters. The number of benzene rings is 1. The minimum atomic E-state index is -0.160. The summed E-state index contributed by atoms with van der Waals surface area (Å²) in [5, 5.41) is 3.81. The van der Waals surface area contributed by atoms with E-state index in [-0.39, 0.29) is 11.9 Å². The first-order chi connectivity index (χ1) is 10.2. The Bertz CT molecular complexity index is 783. The van der Waals surface area contributed by atoms with Gasteiger partial charge in [0.1, 0.15) is 9.71 Å². The molecule has 0 aliphatic carbocycles. The van der Waals surface area contributed by atoms with Gasteiger partial charge < -0.3 is 11.1 Å². The molecule has 2 aromatic heterocycles. The number of pyridine rings is 1. The number of carbonyl (C=O) groups is 1. The Kier molecular flexibility index (Phi) is 3.58. The number of anilines is 1. The lowest BCUT2D eigenvalue weighted by Crippen LogP contribution is -2.26. The number of hydrogen-bond donors (Lipinski definition) is 2. The van der Waals surface area contributed by atoms with E-state index in [4.69, 9.17) is 5.73 Å². The smallest absolute Gasteiger partial charge is 0.264 e. The van der Waals surface area contributed by atoms with Crippen LogP contribution in [0.15, 0.2) is 48.7 Å². The molecule has 2 heterocycles. The summed E-state index contributed by atoms with van der Waals surface area (Å²) < 4.78 is 0. The Labute approximate surface area is 126 Å². The third kappa shape index (κ3) is 2.60. The molecular weight excluding hydrogens is 282 g/mol. The molecule has 3 aromatic rings. The summed E-state index contributed by atoms with van der Waals surface area (Å²) in [5.74, 6) is -0.160. The van der Waals surface area contributed by atoms with Gasteiger partial charge in [-0.15, -0.1) is 11.3 Å². The van der Waals surface area contributed by atoms with Crippen molar-refractivity contribution in [1.29, 1.82) is 0 Å². The monoisotopic (exact) mass is 297 g/mol. The molecule has 0 spiro atoms. The number of nitrogens with two attached hydrogens (primary N) is 1. The van der Waals surface area contributed by atoms with Gasteiger partial charge in [0.05, 0.1) is 11.7 Å². The molecule has 0 aliphatic heterocycles. The van der Waals surface area contributed by atoms with Gasteiger partial charge >= 0.3 is 0 Å². The van der Waals surface area contributed by atoms with Crippen LogP contribution >= 0.6 is 11.3 Å². The Morgan fingerprint density at radius 3 is 2.71 bits per heavy atom. The molecule has 0 saturated carbocycles. The van der Waals surface area contributed by atoms with Crippen molar-refractivity contribution in [3.05, 3.63) is 59.1 Å². The van der Waals surface area contributed by atoms with E-state index in [9.17, 15) is 4.79 Å². The predicted molar refractivity (Wildman–Crippen MR) is 86.4 cm³/mol. The number of aromatic nitrogens is 1. The lowest BCUT2D eigenvalue weighted by atomic mass is 10.1. The average Bonchev–Trinajstić information content (AvgIpc) is 2.86. The molecule has 0 saturated heterocycles. The van der Waals surface area contributed by atoms with Crippen molar-refractivity contribution in [2.24, 2.45) is 0 Å². The number of hydrogen-bond acceptors (Lipinski definition) is 4. The predicted octanol–water partition coefficient (Wildman–Crippen LogP) is 3.37. The number of nitrogens with zero attached hydrogens (tertiary/aromatic N) is 1. The Morgan fingerprint density at radius 1 is 1.24 bits per heavy atom. The van der Waals surface area contributed by atoms with E-state index in [1.807, 2.05) is 49.4 Å². The van der Waals surface area contributed by atoms with Crippen molar-refractivity contribution < 1.29 is 4.79 Å². The van der Waals surface area contributed by atoms with Crippen LogP contribution in [0.2, 0.25) is 0 Å². The lowest BCUT2D eigenvalue weighted by molar-refractivity contribution is 0.0945. The number of nitrogen functional groups attached to an aromatic ring is 1. The van der Waals surface area contributed by atoms with E-state index in [0.717, 1.165) is 15.8 Å². The van der Waals surface area contributed by atoms with Crippen LogP contribution in [0.3, 0.4) is 0 Å². The van der Waals surface area contributed by atoms with Crippen molar-refractivity contribution in [1.82, 2.24) is 10.3 Å². The number of thiophene rings is 1. The van der Waals surface area contributed by atoms with E-state index in [2.05, 4.69) is 10.3 Å². The van der Waals surface area contributed by atoms with Crippen LogP contribution in [0.5, 0.6) is 0 Å². The van der Waals surface area contributed by atoms with Gasteiger partial charge in [-0.05, 0) is 24.6 Å². The summed E-state index contributed by atoms with van der Waals surface area (Å²) in [5.41, 5.74) is 7.62. The fourth-order valence-corrected chi connectivity index (χ4v) is 3.17. The third-order valence-electron chi connectivity index (χ3n) is 3.36. The zero-order valence-corrected chi connectivity index (χ0v) is 12.4. The highest BCUT2D eigenvalue weighted by Crippen LogP contribution is 2.32. The van der Waals surface area contributed by atoms with Gasteiger partial charge in [-0.3, -0.25) is 4.79 Å². The topological polar surface area (TPSA) is 68.0 Å². The molecule has 4 nitrogen and oxygen atoms in total. The molecule has 3 N–H and O–H groups in total. The van der Waals surface area contributed by atoms with Gasteiger partial charge in [-0.1, -0.05) is 30.3 Å². The molecule has 5 heteroatoms. The first-order valence-electron chi connectivity index (χ1n) is 6.65. The highest BCUT2D eigenvalue weighted by molar-refractivity contribution is 7.21. The molecular formula is C16H15N3OS. The highest BCUT2D eigenvalue weighted by atomic mass is 32.1. The summed E-state index contributed by atoms with van der Waals surface area (Å²) in [6.07, 6.45) is 1.70. The van der Waals surface area contributed by atoms with Crippen LogP contribution in [-0.2, 0) is 0 Å². The van der Waals surface area contributed by atoms with Crippen molar-refractivity contribution in [3.63, 3.8) is 0 Å². The number of carbonyl (C=O) groups excluding carboxylic acids is 1. The first kappa shape index (κ1) is 13.6. The van der Waals surface area contributed by atoms with Gasteiger partial charge in [0.2, 0.25) is 0 Å². The van der Waals surface area contributed by atoms with Crippen LogP contribution < -0.4 is 11.1 Å². The van der Waals surface area contributed by atoms with E-state index in [1.54, 1.807) is 6.20 Å². The summed E-state index contributed by atoms with van der Waals surface area (Å²) >= 11 is 1.32. The number of rotatable bonds is 3. The average molecular weight is 297 g/mol. The van der Waals surface area contributed by atoms with E-state index < -0.39 is 0 Å². The second-order valence-electron chi connectivity index (χ2n) is 4.81. The lowest BCUT2D eigenvalue weighted by Gasteiger charge is -2.13. The summed E-state index contributed by atoms with van der Waals surface area (Å²) in [6, 6.07) is 13.5. The second-order valence-corrected chi connectivity index (χ2v) is 5.81. The zero-order chi connectivity index (χ0) is 14.8. The quantitative estimate of drug-likeness (QED) is 0.779. The van der Waals surface area contributed by atoms with Crippen LogP contribution in [0, 0.1) is 0 Å². The maximum absolute atomic E-state index is 12.4. The van der Waals surface area contributed by atoms with Crippen molar-refractivity contribution >= 4 is 33.1 Å². The molecule has 106 valence electrons. The first-order valence-corrected chi connectivity index (χ1v) is 7.47. The standard InChI is InChI=1S/C16H15N3OS/c1-10(11-6-3-2-4-7-11)19-15(20)14-13(17)12-8-5-9-18-16(12)21-14/h2-10H,17H2,1H3,(H,19,20)/t10-/m1/s1. The van der Waals surface area contributed by atoms with Gasteiger partial charge in [0, 0.05) is 11.6 Å². The Balaban J connectivity index is 1.86. The molecule has 1 atom stereocenters. The fourth-order valence-electron chi connectivity index (χ4n) is 2.21. The van der Waals surface area contributed by atoms with Crippen molar-refractivity contribution in [2.75, 3.05) is 5.73 Å². The Morgan fingerprint density at radius 2 is 2.00 bits per heavy atom. The van der Waals surface area contributed by atoms with Gasteiger partial charge in [-0.25, -0.2) is 4.98 Å². The molecule has 1 aromatic carbocycles. The van der Waals surface area contributed by atoms with Crippen LogP contribution in [0.4, 0.5) is 5.69 Å². The number of fused-ring (bicyclic) bond motifs is 1. The SMILES string of the molecule is C[C@@H](NC(=O)c1sc2ncccc2c1N)c1ccccc1. The normalized spacial score (nSPS) is 12.2. The van der Waals surface area contributed by atoms with E-state index >= 15 is 0 Å². The van der Waals surface area contributed by atoms with Crippen molar-refractivity contribution in [3.8, 4) is 0 Å². The van der Waals surface area contributed by atoms with Crippen LogP contribution in [0.25, 0.3) is 10.2 Å². The summed E-state index contributed by atoms with van der Waals surface area (Å²) in [4.78, 5) is 18.0. The van der Waals surface area contributed by atoms with Gasteiger partial charge in [0.25, 0.3) is 5.91 Å². The molecule has 1 amide bonds. The van der Waals surface area contributed by atoms with E-state index in [1.165, 1.54) is 11.3 Å². The molecule has 21 heavy (non-hydrogen) atoms. The van der Waals surface area contributed by atoms with Crippen LogP contribution in [0.1, 0.15) is 28.2 Å². The van der Waals surface area contributed by atoms with Crippen LogP contribution in [-0.4, -0.2) is 10.9 Å². The van der Waals surface area contributed by atoms with E-state index in [0.29, 0.717) is 10.6 Å². The highest BCUT2D eigenvalue weighted by Gasteiger charge is 2.18. The third-order valence-corrected chi connectivity index (χ3v) is 4.49. The maximum atomic E-state index is 12.4. The molecule has 0 radical (unpaired) electrons. The molecule has 0 aliphatic rings. The summed E-state index contributed by atoms with van der Waals surface area (Å²) in [7, 11) is 0. The maximum Gasteiger partial charge on any atom is 0.264 e. The number of amides is 1. The van der Waals surface area contributed by atoms with Gasteiger partial charge in [0.15, 0.2) is 0 Å². The molecule has 0 bridgehead atoms. The fraction of sp³-hybridized carbons (Fsp3) is 0.125. The van der Waals surface area contributed by atoms with Crippen molar-refractivity contribution in [2.45, 2.75) is 13.0 Å². The zero-order valence-electron chi connectivity index (χ0n) is 11.5. The number of nitrogens with one attached hydrogen (secondary N) is 1. The molecule has 3 rings (SSSR count). The summed E-state index contributed by atoms with van der Waals surface area (Å²) in [6.45, 7) is 1.95. The minimum absolute atomic E-state index is 0.0729. The second kappa shape index (κ2) is 5.54. The minimum Gasteiger partial charge on any atom is -0.397 e. The molecule has 0 fully saturated rings. The Hall–Kier alpha value is -2.40.